The second-order valence-electron chi connectivity index (χ2n) is 8.08. The van der Waals surface area contributed by atoms with Crippen LogP contribution in [0.15, 0.2) is 0 Å². The summed E-state index contributed by atoms with van der Waals surface area (Å²) in [4.78, 5) is 39.8. The van der Waals surface area contributed by atoms with Crippen molar-refractivity contribution in [2.75, 3.05) is 26.7 Å². The van der Waals surface area contributed by atoms with Crippen molar-refractivity contribution in [1.82, 2.24) is 9.80 Å². The molecule has 1 aliphatic heterocycles. The molecule has 0 aromatic heterocycles. The van der Waals surface area contributed by atoms with E-state index in [2.05, 4.69) is 6.92 Å². The van der Waals surface area contributed by atoms with Crippen molar-refractivity contribution in [2.45, 2.75) is 64.7 Å². The summed E-state index contributed by atoms with van der Waals surface area (Å²) in [6, 6.07) is 0. The van der Waals surface area contributed by atoms with Crippen molar-refractivity contribution >= 4 is 17.8 Å². The molecule has 1 heterocycles. The Hall–Kier alpha value is -1.59. The number of carboxylic acid groups (broad SMARTS) is 1. The van der Waals surface area contributed by atoms with E-state index in [1.807, 2.05) is 0 Å². The van der Waals surface area contributed by atoms with Gasteiger partial charge < -0.3 is 14.9 Å². The third-order valence-electron chi connectivity index (χ3n) is 5.95. The fourth-order valence-electron chi connectivity index (χ4n) is 4.44. The maximum absolute atomic E-state index is 12.9. The Morgan fingerprint density at radius 3 is 2.46 bits per heavy atom. The summed E-state index contributed by atoms with van der Waals surface area (Å²) in [5, 5.41) is 9.17. The molecule has 2 rings (SSSR count). The van der Waals surface area contributed by atoms with Gasteiger partial charge in [-0.05, 0) is 31.6 Å². The van der Waals surface area contributed by atoms with Crippen molar-refractivity contribution in [3.05, 3.63) is 0 Å². The number of amides is 2. The van der Waals surface area contributed by atoms with E-state index in [1.165, 1.54) is 25.7 Å². The van der Waals surface area contributed by atoms with Crippen LogP contribution in [0.25, 0.3) is 0 Å². The molecule has 0 aromatic carbocycles. The molecule has 2 aliphatic rings. The molecular weight excluding hydrogens is 332 g/mol. The first kappa shape index (κ1) is 20.7. The van der Waals surface area contributed by atoms with E-state index in [0.29, 0.717) is 25.3 Å². The molecule has 0 radical (unpaired) electrons. The Morgan fingerprint density at radius 1 is 1.15 bits per heavy atom. The number of nitrogens with zero attached hydrogens (tertiary/aromatic N) is 2. The van der Waals surface area contributed by atoms with Crippen LogP contribution in [-0.4, -0.2) is 59.4 Å². The molecule has 148 valence electrons. The van der Waals surface area contributed by atoms with Gasteiger partial charge in [-0.3, -0.25) is 14.4 Å². The second kappa shape index (κ2) is 9.93. The molecule has 0 spiro atoms. The van der Waals surface area contributed by atoms with Crippen LogP contribution in [0.2, 0.25) is 0 Å². The van der Waals surface area contributed by atoms with E-state index in [1.54, 1.807) is 16.8 Å². The normalized spacial score (nSPS) is 22.2. The number of rotatable bonds is 8. The maximum atomic E-state index is 12.9. The first-order valence-corrected chi connectivity index (χ1v) is 10.2. The van der Waals surface area contributed by atoms with Crippen molar-refractivity contribution < 1.29 is 19.5 Å². The summed E-state index contributed by atoms with van der Waals surface area (Å²) >= 11 is 0. The van der Waals surface area contributed by atoms with Crippen LogP contribution in [0.3, 0.4) is 0 Å². The Morgan fingerprint density at radius 2 is 1.85 bits per heavy atom. The van der Waals surface area contributed by atoms with Gasteiger partial charge in [0.1, 0.15) is 0 Å². The average molecular weight is 367 g/mol. The zero-order valence-electron chi connectivity index (χ0n) is 16.3. The van der Waals surface area contributed by atoms with Gasteiger partial charge in [-0.25, -0.2) is 0 Å². The van der Waals surface area contributed by atoms with E-state index in [9.17, 15) is 19.5 Å². The highest BCUT2D eigenvalue weighted by molar-refractivity contribution is 5.86. The molecule has 2 atom stereocenters. The molecule has 1 saturated carbocycles. The lowest BCUT2D eigenvalue weighted by Gasteiger charge is -2.32. The minimum atomic E-state index is -0.841. The largest absolute Gasteiger partial charge is 0.481 e. The van der Waals surface area contributed by atoms with Crippen LogP contribution in [0.1, 0.15) is 64.7 Å². The number of hydrogen-bond donors (Lipinski definition) is 1. The minimum Gasteiger partial charge on any atom is -0.481 e. The summed E-state index contributed by atoms with van der Waals surface area (Å²) in [5.74, 6) is -0.732. The molecule has 1 aliphatic carbocycles. The lowest BCUT2D eigenvalue weighted by molar-refractivity contribution is -0.148. The van der Waals surface area contributed by atoms with Crippen LogP contribution < -0.4 is 0 Å². The van der Waals surface area contributed by atoms with Gasteiger partial charge in [0.15, 0.2) is 0 Å². The SMILES string of the molecule is CCCC(CC1CCCC1)C(=O)N(C)CC(=O)N1CCCC(C(=O)O)C1. The van der Waals surface area contributed by atoms with Crippen LogP contribution in [0.5, 0.6) is 0 Å². The smallest absolute Gasteiger partial charge is 0.308 e. The summed E-state index contributed by atoms with van der Waals surface area (Å²) in [7, 11) is 1.70. The molecular formula is C20H34N2O4. The number of piperidine rings is 1. The first-order valence-electron chi connectivity index (χ1n) is 10.2. The van der Waals surface area contributed by atoms with Gasteiger partial charge in [0.2, 0.25) is 11.8 Å². The van der Waals surface area contributed by atoms with Gasteiger partial charge in [0, 0.05) is 26.1 Å². The lowest BCUT2D eigenvalue weighted by Crippen LogP contribution is -2.47. The lowest BCUT2D eigenvalue weighted by atomic mass is 9.89. The van der Waals surface area contributed by atoms with Crippen LogP contribution in [0.4, 0.5) is 0 Å². The van der Waals surface area contributed by atoms with Gasteiger partial charge >= 0.3 is 5.97 Å². The molecule has 0 bridgehead atoms. The number of carbonyl (C=O) groups is 3. The van der Waals surface area contributed by atoms with E-state index < -0.39 is 11.9 Å². The van der Waals surface area contributed by atoms with Gasteiger partial charge in [-0.15, -0.1) is 0 Å². The van der Waals surface area contributed by atoms with Crippen molar-refractivity contribution in [1.29, 1.82) is 0 Å². The van der Waals surface area contributed by atoms with E-state index >= 15 is 0 Å². The maximum Gasteiger partial charge on any atom is 0.308 e. The summed E-state index contributed by atoms with van der Waals surface area (Å²) in [5.41, 5.74) is 0. The Labute approximate surface area is 156 Å². The number of aliphatic carboxylic acids is 1. The van der Waals surface area contributed by atoms with Crippen LogP contribution in [0, 0.1) is 17.8 Å². The first-order chi connectivity index (χ1) is 12.4. The highest BCUT2D eigenvalue weighted by Gasteiger charge is 2.31. The molecule has 6 heteroatoms. The Bertz CT molecular complexity index is 502. The van der Waals surface area contributed by atoms with Crippen LogP contribution in [-0.2, 0) is 14.4 Å². The van der Waals surface area contributed by atoms with E-state index in [-0.39, 0.29) is 30.8 Å². The number of carboxylic acids is 1. The van der Waals surface area contributed by atoms with Gasteiger partial charge in [0.05, 0.1) is 12.5 Å². The van der Waals surface area contributed by atoms with Crippen molar-refractivity contribution in [3.63, 3.8) is 0 Å². The zero-order chi connectivity index (χ0) is 19.1. The Kier molecular flexibility index (Phi) is 7.91. The molecule has 26 heavy (non-hydrogen) atoms. The molecule has 2 unspecified atom stereocenters. The average Bonchev–Trinajstić information content (AvgIpc) is 3.13. The van der Waals surface area contributed by atoms with Gasteiger partial charge in [0.25, 0.3) is 0 Å². The number of hydrogen-bond acceptors (Lipinski definition) is 3. The quantitative estimate of drug-likeness (QED) is 0.716. The molecule has 2 amide bonds. The highest BCUT2D eigenvalue weighted by atomic mass is 16.4. The molecule has 2 fully saturated rings. The molecule has 0 aromatic rings. The monoisotopic (exact) mass is 366 g/mol. The standard InChI is InChI=1S/C20H34N2O4/c1-3-7-16(12-15-8-4-5-9-15)19(24)21(2)14-18(23)22-11-6-10-17(13-22)20(25)26/h15-17H,3-14H2,1-2H3,(H,25,26). The topological polar surface area (TPSA) is 77.9 Å². The number of likely N-dealkylation sites (N-methyl/N-ethyl adjacent to an activating group) is 1. The molecule has 1 saturated heterocycles. The minimum absolute atomic E-state index is 0.00836. The van der Waals surface area contributed by atoms with Gasteiger partial charge in [-0.1, -0.05) is 39.0 Å². The fraction of sp³-hybridized carbons (Fsp3) is 0.850. The van der Waals surface area contributed by atoms with Crippen molar-refractivity contribution in [3.8, 4) is 0 Å². The van der Waals surface area contributed by atoms with E-state index in [4.69, 9.17) is 0 Å². The summed E-state index contributed by atoms with van der Waals surface area (Å²) in [6.45, 7) is 3.00. The zero-order valence-corrected chi connectivity index (χ0v) is 16.3. The fourth-order valence-corrected chi connectivity index (χ4v) is 4.44. The second-order valence-corrected chi connectivity index (χ2v) is 8.08. The van der Waals surface area contributed by atoms with E-state index in [0.717, 1.165) is 19.3 Å². The van der Waals surface area contributed by atoms with Gasteiger partial charge in [-0.2, -0.15) is 0 Å². The Balaban J connectivity index is 1.88. The number of likely N-dealkylation sites (tertiary alicyclic amines) is 1. The van der Waals surface area contributed by atoms with Crippen molar-refractivity contribution in [2.24, 2.45) is 17.8 Å². The molecule has 1 N–H and O–H groups in total. The third-order valence-corrected chi connectivity index (χ3v) is 5.95. The predicted octanol–water partition coefficient (Wildman–Crippen LogP) is 2.76. The van der Waals surface area contributed by atoms with Crippen LogP contribution >= 0.6 is 0 Å². The predicted molar refractivity (Wildman–Crippen MR) is 99.5 cm³/mol. The molecule has 6 nitrogen and oxygen atoms in total. The number of carbonyl (C=O) groups excluding carboxylic acids is 2. The third kappa shape index (κ3) is 5.71. The summed E-state index contributed by atoms with van der Waals surface area (Å²) in [6.07, 6.45) is 9.10. The summed E-state index contributed by atoms with van der Waals surface area (Å²) < 4.78 is 0. The highest BCUT2D eigenvalue weighted by Crippen LogP contribution is 2.32.